The number of rotatable bonds is 11. The third-order valence-electron chi connectivity index (χ3n) is 8.45. The lowest BCUT2D eigenvalue weighted by Gasteiger charge is -2.34. The van der Waals surface area contributed by atoms with Crippen molar-refractivity contribution in [1.29, 1.82) is 0 Å². The molecular weight excluding hydrogens is 560 g/mol. The van der Waals surface area contributed by atoms with Gasteiger partial charge in [-0.15, -0.1) is 6.58 Å². The number of hydrogen-bond donors (Lipinski definition) is 2. The third kappa shape index (κ3) is 6.02. The first kappa shape index (κ1) is 30.7. The summed E-state index contributed by atoms with van der Waals surface area (Å²) in [7, 11) is 1.59. The van der Waals surface area contributed by atoms with Crippen LogP contribution in [0.2, 0.25) is 0 Å². The first-order valence-electron chi connectivity index (χ1n) is 14.7. The van der Waals surface area contributed by atoms with Crippen molar-refractivity contribution in [1.82, 2.24) is 20.5 Å². The van der Waals surface area contributed by atoms with Crippen molar-refractivity contribution >= 4 is 35.4 Å². The van der Waals surface area contributed by atoms with Crippen molar-refractivity contribution in [3.8, 4) is 22.8 Å². The van der Waals surface area contributed by atoms with E-state index in [9.17, 15) is 19.2 Å². The van der Waals surface area contributed by atoms with Crippen LogP contribution < -0.4 is 20.1 Å². The quantitative estimate of drug-likeness (QED) is 0.255. The first-order chi connectivity index (χ1) is 21.0. The summed E-state index contributed by atoms with van der Waals surface area (Å²) in [6.45, 7) is 9.38. The zero-order valence-corrected chi connectivity index (χ0v) is 25.4. The lowest BCUT2D eigenvalue weighted by Crippen LogP contribution is -2.57. The maximum atomic E-state index is 13.9. The van der Waals surface area contributed by atoms with E-state index in [1.165, 1.54) is 4.90 Å². The van der Waals surface area contributed by atoms with Crippen molar-refractivity contribution in [2.75, 3.05) is 13.7 Å². The average molecular weight is 599 g/mol. The van der Waals surface area contributed by atoms with Gasteiger partial charge < -0.3 is 29.8 Å². The van der Waals surface area contributed by atoms with Crippen LogP contribution in [0.15, 0.2) is 67.3 Å². The van der Waals surface area contributed by atoms with E-state index in [1.807, 2.05) is 75.4 Å². The molecule has 0 bridgehead atoms. The molecule has 2 aromatic carbocycles. The molecule has 1 saturated carbocycles. The van der Waals surface area contributed by atoms with Gasteiger partial charge in [0.05, 0.1) is 24.9 Å². The highest BCUT2D eigenvalue weighted by atomic mass is 16.5. The van der Waals surface area contributed by atoms with Crippen LogP contribution in [0.3, 0.4) is 0 Å². The largest absolute Gasteiger partial charge is 0.497 e. The van der Waals surface area contributed by atoms with Crippen molar-refractivity contribution in [2.45, 2.75) is 57.3 Å². The Labute approximate surface area is 256 Å². The monoisotopic (exact) mass is 598 g/mol. The van der Waals surface area contributed by atoms with Crippen LogP contribution in [-0.2, 0) is 19.2 Å². The summed E-state index contributed by atoms with van der Waals surface area (Å²) in [5.41, 5.74) is 0.609. The second-order valence-corrected chi connectivity index (χ2v) is 12.5. The van der Waals surface area contributed by atoms with Crippen molar-refractivity contribution in [3.05, 3.63) is 67.3 Å². The van der Waals surface area contributed by atoms with Crippen LogP contribution >= 0.6 is 0 Å². The normalized spacial score (nSPS) is 23.4. The standard InChI is InChI=1S/C34H38N4O6/c1-6-22-17-34(22,19-39)37-31(41)28-15-24(18-38(28)32(42)30(35-20-40)33(2,3)4)44-29-16-26(21-10-8-7-9-11-21)36-27-14-23(43-5)12-13-25(27)29/h6-14,16,19-20,22,24,28,30H,1,15,17-18H2,2-5H3,(H,35,40)(H,37,41)/t22-,24?,28-,30+,34?/m0/s1. The molecule has 2 heterocycles. The number of pyridine rings is 1. The van der Waals surface area contributed by atoms with E-state index >= 15 is 0 Å². The maximum Gasteiger partial charge on any atom is 0.246 e. The molecule has 1 aromatic heterocycles. The minimum atomic E-state index is -1.03. The third-order valence-corrected chi connectivity index (χ3v) is 8.45. The van der Waals surface area contributed by atoms with E-state index in [4.69, 9.17) is 14.5 Å². The number of nitrogens with one attached hydrogen (secondary N) is 2. The molecule has 1 aliphatic carbocycles. The molecular formula is C34H38N4O6. The first-order valence-corrected chi connectivity index (χ1v) is 14.7. The predicted octanol–water partition coefficient (Wildman–Crippen LogP) is 3.68. The predicted molar refractivity (Wildman–Crippen MR) is 166 cm³/mol. The van der Waals surface area contributed by atoms with Gasteiger partial charge >= 0.3 is 0 Å². The molecule has 10 heteroatoms. The topological polar surface area (TPSA) is 127 Å². The highest BCUT2D eigenvalue weighted by molar-refractivity contribution is 5.94. The van der Waals surface area contributed by atoms with Crippen LogP contribution in [0.1, 0.15) is 33.6 Å². The van der Waals surface area contributed by atoms with Gasteiger partial charge in [0.25, 0.3) is 0 Å². The Morgan fingerprint density at radius 2 is 1.89 bits per heavy atom. The van der Waals surface area contributed by atoms with E-state index in [-0.39, 0.29) is 18.9 Å². The molecule has 2 unspecified atom stereocenters. The minimum absolute atomic E-state index is 0.101. The van der Waals surface area contributed by atoms with Gasteiger partial charge in [0.15, 0.2) is 0 Å². The lowest BCUT2D eigenvalue weighted by molar-refractivity contribution is -0.143. The highest BCUT2D eigenvalue weighted by Gasteiger charge is 2.55. The second-order valence-electron chi connectivity index (χ2n) is 12.5. The Hall–Kier alpha value is -4.73. The Bertz CT molecular complexity index is 1590. The summed E-state index contributed by atoms with van der Waals surface area (Å²) >= 11 is 0. The molecule has 5 atom stereocenters. The summed E-state index contributed by atoms with van der Waals surface area (Å²) in [4.78, 5) is 57.4. The summed E-state index contributed by atoms with van der Waals surface area (Å²) in [5.74, 6) is 0.174. The van der Waals surface area contributed by atoms with Crippen LogP contribution in [0.5, 0.6) is 11.5 Å². The van der Waals surface area contributed by atoms with Gasteiger partial charge in [0.1, 0.15) is 41.5 Å². The van der Waals surface area contributed by atoms with Gasteiger partial charge in [0, 0.05) is 35.4 Å². The molecule has 5 rings (SSSR count). The lowest BCUT2D eigenvalue weighted by atomic mass is 9.85. The number of carbonyl (C=O) groups excluding carboxylic acids is 4. The van der Waals surface area contributed by atoms with Crippen LogP contribution in [0.25, 0.3) is 22.2 Å². The number of amides is 3. The molecule has 0 radical (unpaired) electrons. The molecule has 44 heavy (non-hydrogen) atoms. The number of hydrogen-bond acceptors (Lipinski definition) is 7. The van der Waals surface area contributed by atoms with E-state index in [0.717, 1.165) is 17.2 Å². The van der Waals surface area contributed by atoms with Crippen molar-refractivity contribution in [3.63, 3.8) is 0 Å². The number of fused-ring (bicyclic) bond motifs is 1. The van der Waals surface area contributed by atoms with Crippen LogP contribution in [0, 0.1) is 11.3 Å². The SMILES string of the molecule is C=C[C@H]1CC1(C=O)NC(=O)[C@@H]1CC(Oc2cc(-c3ccccc3)nc3cc(OC)ccc23)CN1C(=O)[C@@H](NC=O)C(C)(C)C. The molecule has 2 fully saturated rings. The smallest absolute Gasteiger partial charge is 0.246 e. The zero-order valence-electron chi connectivity index (χ0n) is 25.4. The Kier molecular flexibility index (Phi) is 8.45. The van der Waals surface area contributed by atoms with Gasteiger partial charge in [0.2, 0.25) is 18.2 Å². The van der Waals surface area contributed by atoms with E-state index in [0.29, 0.717) is 35.5 Å². The second kappa shape index (κ2) is 12.1. The summed E-state index contributed by atoms with van der Waals surface area (Å²) in [6, 6.07) is 15.3. The fourth-order valence-electron chi connectivity index (χ4n) is 5.86. The maximum absolute atomic E-state index is 13.9. The highest BCUT2D eigenvalue weighted by Crippen LogP contribution is 2.43. The number of nitrogens with zero attached hydrogens (tertiary/aromatic N) is 2. The van der Waals surface area contributed by atoms with Crippen molar-refractivity contribution < 1.29 is 28.7 Å². The van der Waals surface area contributed by atoms with Gasteiger partial charge in [-0.3, -0.25) is 14.4 Å². The molecule has 2 aliphatic rings. The molecule has 1 saturated heterocycles. The number of methoxy groups -OCH3 is 1. The molecule has 230 valence electrons. The molecule has 10 nitrogen and oxygen atoms in total. The van der Waals surface area contributed by atoms with E-state index in [1.54, 1.807) is 13.2 Å². The molecule has 3 amide bonds. The number of benzene rings is 2. The molecule has 1 aliphatic heterocycles. The summed E-state index contributed by atoms with van der Waals surface area (Å²) in [6.07, 6.45) is 2.96. The Balaban J connectivity index is 1.50. The van der Waals surface area contributed by atoms with Gasteiger partial charge in [-0.2, -0.15) is 0 Å². The number of carbonyl (C=O) groups is 4. The number of likely N-dealkylation sites (tertiary alicyclic amines) is 1. The van der Waals surface area contributed by atoms with E-state index in [2.05, 4.69) is 17.2 Å². The Morgan fingerprint density at radius 3 is 2.50 bits per heavy atom. The van der Waals surface area contributed by atoms with Crippen molar-refractivity contribution in [2.24, 2.45) is 11.3 Å². The summed E-state index contributed by atoms with van der Waals surface area (Å²) < 4.78 is 12.0. The van der Waals surface area contributed by atoms with Gasteiger partial charge in [-0.05, 0) is 24.0 Å². The van der Waals surface area contributed by atoms with E-state index < -0.39 is 41.0 Å². The van der Waals surface area contributed by atoms with Crippen LogP contribution in [-0.4, -0.2) is 71.8 Å². The number of aldehydes is 1. The van der Waals surface area contributed by atoms with Gasteiger partial charge in [-0.1, -0.05) is 57.2 Å². The minimum Gasteiger partial charge on any atom is -0.497 e. The van der Waals surface area contributed by atoms with Gasteiger partial charge in [-0.25, -0.2) is 4.98 Å². The number of aromatic nitrogens is 1. The number of ether oxygens (including phenoxy) is 2. The molecule has 3 aromatic rings. The zero-order chi connectivity index (χ0) is 31.6. The molecule has 0 spiro atoms. The Morgan fingerprint density at radius 1 is 1.14 bits per heavy atom. The molecule has 2 N–H and O–H groups in total. The summed E-state index contributed by atoms with van der Waals surface area (Å²) in [5, 5.41) is 6.26. The fraction of sp³-hybridized carbons (Fsp3) is 0.382. The van der Waals surface area contributed by atoms with Crippen LogP contribution in [0.4, 0.5) is 0 Å². The average Bonchev–Trinajstić information content (AvgIpc) is 3.56. The fourth-order valence-corrected chi connectivity index (χ4v) is 5.86.